The first-order valence-corrected chi connectivity index (χ1v) is 8.96. The van der Waals surface area contributed by atoms with Crippen LogP contribution in [0, 0.1) is 15.9 Å². The zero-order chi connectivity index (χ0) is 20.1. The average Bonchev–Trinajstić information content (AvgIpc) is 3.12. The molecule has 1 amide bonds. The quantitative estimate of drug-likeness (QED) is 0.527. The zero-order valence-corrected chi connectivity index (χ0v) is 15.6. The molecule has 10 heteroatoms. The second-order valence-electron chi connectivity index (χ2n) is 6.58. The second kappa shape index (κ2) is 8.79. The lowest BCUT2D eigenvalue weighted by Gasteiger charge is -2.34. The number of nitrogens with zero attached hydrogens (tertiary/aromatic N) is 5. The molecule has 1 aromatic carbocycles. The van der Waals surface area contributed by atoms with E-state index in [0.29, 0.717) is 13.1 Å². The second-order valence-corrected chi connectivity index (χ2v) is 6.58. The summed E-state index contributed by atoms with van der Waals surface area (Å²) in [7, 11) is 1.32. The topological polar surface area (TPSA) is 93.7 Å². The molecule has 1 aromatic heterocycles. The van der Waals surface area contributed by atoms with E-state index in [1.165, 1.54) is 30.1 Å². The third kappa shape index (κ3) is 4.83. The van der Waals surface area contributed by atoms with Gasteiger partial charge in [0, 0.05) is 39.1 Å². The molecule has 0 spiro atoms. The highest BCUT2D eigenvalue weighted by molar-refractivity contribution is 5.76. The Labute approximate surface area is 161 Å². The van der Waals surface area contributed by atoms with Gasteiger partial charge in [-0.2, -0.15) is 0 Å². The van der Waals surface area contributed by atoms with Crippen molar-refractivity contribution in [2.75, 3.05) is 33.3 Å². The molecule has 0 unspecified atom stereocenters. The summed E-state index contributed by atoms with van der Waals surface area (Å²) in [6.07, 6.45) is 1.48. The minimum absolute atomic E-state index is 0.0152. The van der Waals surface area contributed by atoms with Crippen LogP contribution in [0.15, 0.2) is 30.5 Å². The van der Waals surface area contributed by atoms with E-state index in [2.05, 4.69) is 10.00 Å². The summed E-state index contributed by atoms with van der Waals surface area (Å²) >= 11 is 0. The molecule has 9 nitrogen and oxygen atoms in total. The van der Waals surface area contributed by atoms with E-state index >= 15 is 0 Å². The number of methoxy groups -OCH3 is 1. The lowest BCUT2D eigenvalue weighted by molar-refractivity contribution is -0.385. The molecule has 1 saturated heterocycles. The van der Waals surface area contributed by atoms with Crippen molar-refractivity contribution in [2.45, 2.75) is 19.5 Å². The van der Waals surface area contributed by atoms with Gasteiger partial charge in [-0.3, -0.25) is 24.5 Å². The maximum Gasteiger partial charge on any atom is 0.350 e. The van der Waals surface area contributed by atoms with Crippen LogP contribution in [-0.4, -0.2) is 63.7 Å². The fourth-order valence-corrected chi connectivity index (χ4v) is 3.15. The van der Waals surface area contributed by atoms with Crippen LogP contribution in [0.1, 0.15) is 12.0 Å². The molecule has 1 aliphatic rings. The third-order valence-electron chi connectivity index (χ3n) is 4.70. The van der Waals surface area contributed by atoms with Gasteiger partial charge in [0.05, 0.1) is 18.6 Å². The monoisotopic (exact) mass is 391 g/mol. The van der Waals surface area contributed by atoms with Gasteiger partial charge < -0.3 is 9.64 Å². The highest BCUT2D eigenvalue weighted by Gasteiger charge is 2.23. The number of halogens is 1. The molecular weight excluding hydrogens is 369 g/mol. The third-order valence-corrected chi connectivity index (χ3v) is 4.70. The van der Waals surface area contributed by atoms with Crippen molar-refractivity contribution in [3.63, 3.8) is 0 Å². The molecule has 0 aliphatic carbocycles. The molecule has 28 heavy (non-hydrogen) atoms. The molecule has 150 valence electrons. The summed E-state index contributed by atoms with van der Waals surface area (Å²) in [5.41, 5.74) is 0.819. The largest absolute Gasteiger partial charge is 0.475 e. The van der Waals surface area contributed by atoms with Gasteiger partial charge in [-0.25, -0.2) is 4.39 Å². The van der Waals surface area contributed by atoms with Crippen molar-refractivity contribution in [3.8, 4) is 5.88 Å². The number of nitro groups is 1. The predicted molar refractivity (Wildman–Crippen MR) is 98.3 cm³/mol. The molecule has 3 rings (SSSR count). The summed E-state index contributed by atoms with van der Waals surface area (Å²) in [6, 6.07) is 6.43. The predicted octanol–water partition coefficient (Wildman–Crippen LogP) is 1.67. The van der Waals surface area contributed by atoms with E-state index in [4.69, 9.17) is 4.74 Å². The summed E-state index contributed by atoms with van der Waals surface area (Å²) in [6.45, 7) is 3.68. The van der Waals surface area contributed by atoms with Crippen LogP contribution < -0.4 is 4.74 Å². The smallest absolute Gasteiger partial charge is 0.350 e. The molecule has 0 saturated carbocycles. The van der Waals surface area contributed by atoms with Crippen LogP contribution in [0.4, 0.5) is 10.1 Å². The number of rotatable bonds is 7. The molecule has 0 bridgehead atoms. The molecule has 1 aliphatic heterocycles. The summed E-state index contributed by atoms with van der Waals surface area (Å²) in [5, 5.41) is 14.9. The Hall–Kier alpha value is -3.01. The summed E-state index contributed by atoms with van der Waals surface area (Å²) in [4.78, 5) is 26.8. The number of piperazine rings is 1. The highest BCUT2D eigenvalue weighted by Crippen LogP contribution is 2.24. The molecule has 0 atom stereocenters. The number of hydrogen-bond acceptors (Lipinski definition) is 6. The number of benzene rings is 1. The van der Waals surface area contributed by atoms with E-state index in [9.17, 15) is 19.3 Å². The molecule has 0 radical (unpaired) electrons. The van der Waals surface area contributed by atoms with E-state index in [1.54, 1.807) is 17.0 Å². The number of ether oxygens (including phenoxy) is 1. The van der Waals surface area contributed by atoms with Gasteiger partial charge in [-0.05, 0) is 17.7 Å². The lowest BCUT2D eigenvalue weighted by Crippen LogP contribution is -2.48. The standard InChI is InChI=1S/C18H22FN5O4/c1-28-18-16(24(26)27)13-23(20-18)7-6-17(25)22-10-8-21(9-11-22)12-14-2-4-15(19)5-3-14/h2-5,13H,6-12H2,1H3. The zero-order valence-electron chi connectivity index (χ0n) is 15.6. The highest BCUT2D eigenvalue weighted by atomic mass is 19.1. The van der Waals surface area contributed by atoms with E-state index in [-0.39, 0.29) is 36.3 Å². The Morgan fingerprint density at radius 2 is 1.93 bits per heavy atom. The molecule has 2 aromatic rings. The van der Waals surface area contributed by atoms with Gasteiger partial charge in [-0.15, -0.1) is 5.10 Å². The maximum absolute atomic E-state index is 13.0. The SMILES string of the molecule is COc1nn(CCC(=O)N2CCN(Cc3ccc(F)cc3)CC2)cc1[N+](=O)[O-]. The Kier molecular flexibility index (Phi) is 6.19. The first-order chi connectivity index (χ1) is 13.5. The summed E-state index contributed by atoms with van der Waals surface area (Å²) in [5.74, 6) is -0.329. The Balaban J connectivity index is 1.46. The molecular formula is C18H22FN5O4. The normalized spacial score (nSPS) is 14.9. The number of aryl methyl sites for hydroxylation is 1. The fraction of sp³-hybridized carbons (Fsp3) is 0.444. The number of carbonyl (C=O) groups is 1. The molecule has 2 heterocycles. The van der Waals surface area contributed by atoms with Gasteiger partial charge in [-0.1, -0.05) is 12.1 Å². The van der Waals surface area contributed by atoms with Crippen molar-refractivity contribution in [2.24, 2.45) is 0 Å². The van der Waals surface area contributed by atoms with Gasteiger partial charge in [0.1, 0.15) is 12.0 Å². The van der Waals surface area contributed by atoms with Crippen molar-refractivity contribution < 1.29 is 18.8 Å². The number of amides is 1. The van der Waals surface area contributed by atoms with E-state index in [1.807, 2.05) is 0 Å². The number of aromatic nitrogens is 2. The molecule has 0 N–H and O–H groups in total. The average molecular weight is 391 g/mol. The lowest BCUT2D eigenvalue weighted by atomic mass is 10.2. The Morgan fingerprint density at radius 3 is 2.50 bits per heavy atom. The van der Waals surface area contributed by atoms with Crippen molar-refractivity contribution in [1.29, 1.82) is 0 Å². The Morgan fingerprint density at radius 1 is 1.25 bits per heavy atom. The van der Waals surface area contributed by atoms with Crippen LogP contribution in [-0.2, 0) is 17.9 Å². The summed E-state index contributed by atoms with van der Waals surface area (Å²) < 4.78 is 19.2. The van der Waals surface area contributed by atoms with Crippen LogP contribution in [0.5, 0.6) is 5.88 Å². The van der Waals surface area contributed by atoms with Crippen LogP contribution in [0.25, 0.3) is 0 Å². The molecule has 1 fully saturated rings. The van der Waals surface area contributed by atoms with Gasteiger partial charge in [0.25, 0.3) is 0 Å². The maximum atomic E-state index is 13.0. The number of carbonyl (C=O) groups excluding carboxylic acids is 1. The van der Waals surface area contributed by atoms with E-state index < -0.39 is 4.92 Å². The number of hydrogen-bond donors (Lipinski definition) is 0. The minimum atomic E-state index is -0.565. The van der Waals surface area contributed by atoms with Crippen molar-refractivity contribution in [3.05, 3.63) is 52.0 Å². The van der Waals surface area contributed by atoms with Crippen molar-refractivity contribution in [1.82, 2.24) is 19.6 Å². The van der Waals surface area contributed by atoms with E-state index in [0.717, 1.165) is 25.2 Å². The van der Waals surface area contributed by atoms with Gasteiger partial charge in [0.15, 0.2) is 0 Å². The first-order valence-electron chi connectivity index (χ1n) is 8.96. The Bertz CT molecular complexity index is 831. The first kappa shape index (κ1) is 19.7. The van der Waals surface area contributed by atoms with Crippen LogP contribution in [0.3, 0.4) is 0 Å². The minimum Gasteiger partial charge on any atom is -0.475 e. The van der Waals surface area contributed by atoms with Crippen LogP contribution >= 0.6 is 0 Å². The van der Waals surface area contributed by atoms with Gasteiger partial charge >= 0.3 is 11.6 Å². The van der Waals surface area contributed by atoms with Crippen LogP contribution in [0.2, 0.25) is 0 Å². The van der Waals surface area contributed by atoms with Gasteiger partial charge in [0.2, 0.25) is 5.91 Å². The van der Waals surface area contributed by atoms with Crippen molar-refractivity contribution >= 4 is 11.6 Å². The fourth-order valence-electron chi connectivity index (χ4n) is 3.15.